The van der Waals surface area contributed by atoms with Crippen LogP contribution < -0.4 is 0 Å². The first-order chi connectivity index (χ1) is 8.19. The van der Waals surface area contributed by atoms with Crippen LogP contribution in [0.4, 0.5) is 0 Å². The largest absolute Gasteiger partial charge is 0.250 e. The van der Waals surface area contributed by atoms with E-state index in [4.69, 9.17) is 23.2 Å². The Kier molecular flexibility index (Phi) is 4.43. The maximum absolute atomic E-state index is 6.05. The Labute approximate surface area is 115 Å². The van der Waals surface area contributed by atoms with Gasteiger partial charge in [0.25, 0.3) is 0 Å². The van der Waals surface area contributed by atoms with Crippen molar-refractivity contribution in [2.45, 2.75) is 19.3 Å². The number of aromatic nitrogens is 1. The number of thiazole rings is 1. The van der Waals surface area contributed by atoms with E-state index in [1.807, 2.05) is 37.4 Å². The van der Waals surface area contributed by atoms with Crippen molar-refractivity contribution in [2.75, 3.05) is 5.88 Å². The van der Waals surface area contributed by atoms with Gasteiger partial charge in [-0.3, -0.25) is 0 Å². The van der Waals surface area contributed by atoms with Crippen LogP contribution in [-0.4, -0.2) is 10.9 Å². The van der Waals surface area contributed by atoms with Gasteiger partial charge in [-0.15, -0.1) is 22.9 Å². The van der Waals surface area contributed by atoms with Gasteiger partial charge in [0.15, 0.2) is 0 Å². The topological polar surface area (TPSA) is 12.9 Å². The van der Waals surface area contributed by atoms with Gasteiger partial charge in [-0.25, -0.2) is 4.98 Å². The van der Waals surface area contributed by atoms with Crippen molar-refractivity contribution < 1.29 is 0 Å². The lowest BCUT2D eigenvalue weighted by molar-refractivity contribution is 0.775. The van der Waals surface area contributed by atoms with Crippen molar-refractivity contribution in [1.29, 1.82) is 0 Å². The summed E-state index contributed by atoms with van der Waals surface area (Å²) in [6.07, 6.45) is 2.88. The first-order valence-electron chi connectivity index (χ1n) is 5.42. The SMILES string of the molecule is Cc1ncc(CC(CCl)c2ccc(Cl)cc2)s1. The average Bonchev–Trinajstić information content (AvgIpc) is 2.73. The van der Waals surface area contributed by atoms with Crippen LogP contribution in [-0.2, 0) is 6.42 Å². The number of nitrogens with zero attached hydrogens (tertiary/aromatic N) is 1. The molecule has 4 heteroatoms. The molecule has 90 valence electrons. The predicted molar refractivity (Wildman–Crippen MR) is 75.5 cm³/mol. The van der Waals surface area contributed by atoms with Crippen LogP contribution in [0.3, 0.4) is 0 Å². The molecule has 2 aromatic rings. The summed E-state index contributed by atoms with van der Waals surface area (Å²) in [5, 5.41) is 1.86. The van der Waals surface area contributed by atoms with E-state index in [0.717, 1.165) is 16.5 Å². The number of aryl methyl sites for hydroxylation is 1. The van der Waals surface area contributed by atoms with Gasteiger partial charge in [0.1, 0.15) is 0 Å². The lowest BCUT2D eigenvalue weighted by Gasteiger charge is -2.13. The Morgan fingerprint density at radius 3 is 2.53 bits per heavy atom. The van der Waals surface area contributed by atoms with Gasteiger partial charge in [-0.2, -0.15) is 0 Å². The molecule has 0 N–H and O–H groups in total. The number of alkyl halides is 1. The molecular weight excluding hydrogens is 273 g/mol. The maximum atomic E-state index is 6.05. The minimum atomic E-state index is 0.328. The number of halogens is 2. The van der Waals surface area contributed by atoms with Crippen molar-refractivity contribution in [3.8, 4) is 0 Å². The molecule has 0 amide bonds. The molecule has 1 heterocycles. The zero-order valence-electron chi connectivity index (χ0n) is 9.49. The van der Waals surface area contributed by atoms with Crippen LogP contribution in [0.5, 0.6) is 0 Å². The first-order valence-corrected chi connectivity index (χ1v) is 7.14. The molecule has 0 aliphatic heterocycles. The van der Waals surface area contributed by atoms with Gasteiger partial charge in [0.2, 0.25) is 0 Å². The van der Waals surface area contributed by atoms with Crippen molar-refractivity contribution in [1.82, 2.24) is 4.98 Å². The highest BCUT2D eigenvalue weighted by atomic mass is 35.5. The maximum Gasteiger partial charge on any atom is 0.0896 e. The van der Waals surface area contributed by atoms with E-state index in [0.29, 0.717) is 11.8 Å². The van der Waals surface area contributed by atoms with Crippen LogP contribution in [0.25, 0.3) is 0 Å². The zero-order chi connectivity index (χ0) is 12.3. The highest BCUT2D eigenvalue weighted by Crippen LogP contribution is 2.26. The lowest BCUT2D eigenvalue weighted by atomic mass is 9.97. The van der Waals surface area contributed by atoms with Gasteiger partial charge in [-0.1, -0.05) is 23.7 Å². The Morgan fingerprint density at radius 1 is 1.29 bits per heavy atom. The average molecular weight is 286 g/mol. The number of hydrogen-bond donors (Lipinski definition) is 0. The summed E-state index contributed by atoms with van der Waals surface area (Å²) < 4.78 is 0. The lowest BCUT2D eigenvalue weighted by Crippen LogP contribution is -2.03. The van der Waals surface area contributed by atoms with Gasteiger partial charge in [0, 0.05) is 27.9 Å². The van der Waals surface area contributed by atoms with Crippen molar-refractivity contribution in [2.24, 2.45) is 0 Å². The molecule has 0 saturated heterocycles. The zero-order valence-corrected chi connectivity index (χ0v) is 11.8. The second-order valence-corrected chi connectivity index (χ2v) is 6.02. The molecule has 1 nitrogen and oxygen atoms in total. The second-order valence-electron chi connectivity index (χ2n) is 3.95. The summed E-state index contributed by atoms with van der Waals surface area (Å²) in [5.41, 5.74) is 1.23. The highest BCUT2D eigenvalue weighted by Gasteiger charge is 2.12. The van der Waals surface area contributed by atoms with Crippen molar-refractivity contribution in [3.05, 3.63) is 50.9 Å². The van der Waals surface area contributed by atoms with E-state index in [9.17, 15) is 0 Å². The van der Waals surface area contributed by atoms with E-state index in [1.165, 1.54) is 10.4 Å². The molecule has 1 aromatic carbocycles. The summed E-state index contributed by atoms with van der Waals surface area (Å²) in [7, 11) is 0. The van der Waals surface area contributed by atoms with Gasteiger partial charge >= 0.3 is 0 Å². The van der Waals surface area contributed by atoms with E-state index in [-0.39, 0.29) is 0 Å². The molecule has 1 unspecified atom stereocenters. The Bertz CT molecular complexity index is 478. The molecule has 0 aliphatic rings. The van der Waals surface area contributed by atoms with E-state index < -0.39 is 0 Å². The number of rotatable bonds is 4. The molecule has 17 heavy (non-hydrogen) atoms. The minimum Gasteiger partial charge on any atom is -0.250 e. The molecular formula is C13H13Cl2NS. The smallest absolute Gasteiger partial charge is 0.0896 e. The summed E-state index contributed by atoms with van der Waals surface area (Å²) in [6, 6.07) is 7.91. The first kappa shape index (κ1) is 12.9. The van der Waals surface area contributed by atoms with E-state index in [1.54, 1.807) is 11.3 Å². The third-order valence-corrected chi connectivity index (χ3v) is 4.20. The quantitative estimate of drug-likeness (QED) is 0.744. The third-order valence-electron chi connectivity index (χ3n) is 2.64. The van der Waals surface area contributed by atoms with Crippen LogP contribution in [0.2, 0.25) is 5.02 Å². The van der Waals surface area contributed by atoms with Crippen LogP contribution >= 0.6 is 34.5 Å². The normalized spacial score (nSPS) is 12.6. The number of benzene rings is 1. The molecule has 0 spiro atoms. The van der Waals surface area contributed by atoms with Gasteiger partial charge in [0.05, 0.1) is 5.01 Å². The van der Waals surface area contributed by atoms with Crippen molar-refractivity contribution in [3.63, 3.8) is 0 Å². The molecule has 0 radical (unpaired) electrons. The Balaban J connectivity index is 2.13. The van der Waals surface area contributed by atoms with Crippen LogP contribution in [0.1, 0.15) is 21.4 Å². The Morgan fingerprint density at radius 2 is 2.00 bits per heavy atom. The summed E-state index contributed by atoms with van der Waals surface area (Å²) >= 11 is 13.7. The van der Waals surface area contributed by atoms with Gasteiger partial charge in [-0.05, 0) is 31.0 Å². The Hall–Kier alpha value is -0.570. The summed E-state index contributed by atoms with van der Waals surface area (Å²) in [6.45, 7) is 2.02. The molecule has 0 aliphatic carbocycles. The van der Waals surface area contributed by atoms with Crippen LogP contribution in [0, 0.1) is 6.92 Å². The fourth-order valence-electron chi connectivity index (χ4n) is 1.74. The van der Waals surface area contributed by atoms with Crippen molar-refractivity contribution >= 4 is 34.5 Å². The monoisotopic (exact) mass is 285 g/mol. The molecule has 1 atom stereocenters. The van der Waals surface area contributed by atoms with E-state index in [2.05, 4.69) is 4.98 Å². The molecule has 2 rings (SSSR count). The van der Waals surface area contributed by atoms with Crippen LogP contribution in [0.15, 0.2) is 30.5 Å². The standard InChI is InChI=1S/C13H13Cl2NS/c1-9-16-8-13(17-9)6-11(7-14)10-2-4-12(15)5-3-10/h2-5,8,11H,6-7H2,1H3. The molecule has 1 aromatic heterocycles. The molecule has 0 saturated carbocycles. The predicted octanol–water partition coefficient (Wildman–Crippen LogP) is 4.67. The molecule has 0 bridgehead atoms. The highest BCUT2D eigenvalue weighted by molar-refractivity contribution is 7.11. The van der Waals surface area contributed by atoms with Gasteiger partial charge < -0.3 is 0 Å². The summed E-state index contributed by atoms with van der Waals surface area (Å²) in [4.78, 5) is 5.55. The molecule has 0 fully saturated rings. The fourth-order valence-corrected chi connectivity index (χ4v) is 3.03. The van der Waals surface area contributed by atoms with E-state index >= 15 is 0 Å². The number of hydrogen-bond acceptors (Lipinski definition) is 2. The fraction of sp³-hybridized carbons (Fsp3) is 0.308. The summed E-state index contributed by atoms with van der Waals surface area (Å²) in [5.74, 6) is 0.937. The second kappa shape index (κ2) is 5.85. The third kappa shape index (κ3) is 3.44. The minimum absolute atomic E-state index is 0.328.